The van der Waals surface area contributed by atoms with Crippen LogP contribution in [0.4, 0.5) is 11.8 Å². The van der Waals surface area contributed by atoms with Gasteiger partial charge in [0.05, 0.1) is 10.5 Å². The average Bonchev–Trinajstić information content (AvgIpc) is 2.88. The van der Waals surface area contributed by atoms with Crippen LogP contribution >= 0.6 is 11.3 Å². The van der Waals surface area contributed by atoms with Crippen molar-refractivity contribution in [3.05, 3.63) is 40.3 Å². The Hall–Kier alpha value is -2.21. The van der Waals surface area contributed by atoms with Crippen molar-refractivity contribution in [3.8, 4) is 0 Å². The topological polar surface area (TPSA) is 90.7 Å². The minimum Gasteiger partial charge on any atom is -0.383 e. The zero-order chi connectivity index (χ0) is 13.2. The van der Waals surface area contributed by atoms with Crippen LogP contribution in [0.15, 0.2) is 29.8 Å². The lowest BCUT2D eigenvalue weighted by molar-refractivity contribution is 0.951. The molecule has 2 aromatic heterocycles. The fourth-order valence-corrected chi connectivity index (χ4v) is 2.75. The van der Waals surface area contributed by atoms with Gasteiger partial charge in [0.15, 0.2) is 0 Å². The fourth-order valence-electron chi connectivity index (χ4n) is 2.13. The lowest BCUT2D eigenvalue weighted by atomic mass is 10.0. The van der Waals surface area contributed by atoms with Crippen LogP contribution in [0.25, 0.3) is 10.9 Å². The average molecular weight is 271 g/mol. The van der Waals surface area contributed by atoms with E-state index in [4.69, 9.17) is 11.5 Å². The standard InChI is InChI=1S/C13H13N5S/c14-12-11-8(4-5-10-16-6-7-19-10)2-1-3-9(11)17-13(15)18-12/h1-3,6-7H,4-5H2,(H4,14,15,17,18). The van der Waals surface area contributed by atoms with Crippen LogP contribution in [0.3, 0.4) is 0 Å². The molecular formula is C13H13N5S. The van der Waals surface area contributed by atoms with Gasteiger partial charge in [0.2, 0.25) is 5.95 Å². The van der Waals surface area contributed by atoms with Gasteiger partial charge in [-0.2, -0.15) is 4.98 Å². The lowest BCUT2D eigenvalue weighted by Gasteiger charge is -2.08. The molecule has 19 heavy (non-hydrogen) atoms. The summed E-state index contributed by atoms with van der Waals surface area (Å²) in [6, 6.07) is 5.91. The third-order valence-corrected chi connectivity index (χ3v) is 3.79. The van der Waals surface area contributed by atoms with Gasteiger partial charge in [0.1, 0.15) is 5.82 Å². The van der Waals surface area contributed by atoms with Gasteiger partial charge in [-0.3, -0.25) is 0 Å². The number of aryl methyl sites for hydroxylation is 2. The number of nitrogens with two attached hydrogens (primary N) is 2. The summed E-state index contributed by atoms with van der Waals surface area (Å²) in [7, 11) is 0. The quantitative estimate of drug-likeness (QED) is 0.760. The number of benzene rings is 1. The van der Waals surface area contributed by atoms with Crippen LogP contribution in [0.1, 0.15) is 10.6 Å². The van der Waals surface area contributed by atoms with Crippen molar-refractivity contribution in [2.24, 2.45) is 0 Å². The first kappa shape index (κ1) is 11.9. The number of nitrogens with zero attached hydrogens (tertiary/aromatic N) is 3. The highest BCUT2D eigenvalue weighted by atomic mass is 32.1. The molecule has 1 aromatic carbocycles. The third-order valence-electron chi connectivity index (χ3n) is 2.95. The van der Waals surface area contributed by atoms with Crippen LogP contribution in [0.2, 0.25) is 0 Å². The van der Waals surface area contributed by atoms with Gasteiger partial charge in [0, 0.05) is 23.4 Å². The van der Waals surface area contributed by atoms with Crippen LogP contribution in [0.5, 0.6) is 0 Å². The number of anilines is 2. The smallest absolute Gasteiger partial charge is 0.222 e. The number of hydrogen-bond donors (Lipinski definition) is 2. The Morgan fingerprint density at radius 2 is 2.00 bits per heavy atom. The van der Waals surface area contributed by atoms with Crippen LogP contribution in [-0.4, -0.2) is 15.0 Å². The Morgan fingerprint density at radius 1 is 1.11 bits per heavy atom. The van der Waals surface area contributed by atoms with Gasteiger partial charge in [-0.05, 0) is 18.1 Å². The Morgan fingerprint density at radius 3 is 2.79 bits per heavy atom. The van der Waals surface area contributed by atoms with Crippen molar-refractivity contribution in [2.45, 2.75) is 12.8 Å². The maximum Gasteiger partial charge on any atom is 0.222 e. The minimum atomic E-state index is 0.210. The maximum absolute atomic E-state index is 5.96. The lowest BCUT2D eigenvalue weighted by Crippen LogP contribution is -2.03. The summed E-state index contributed by atoms with van der Waals surface area (Å²) in [5.74, 6) is 0.652. The van der Waals surface area contributed by atoms with E-state index >= 15 is 0 Å². The molecule has 0 bridgehead atoms. The molecule has 6 heteroatoms. The molecule has 4 N–H and O–H groups in total. The van der Waals surface area contributed by atoms with Crippen molar-refractivity contribution in [3.63, 3.8) is 0 Å². The monoisotopic (exact) mass is 271 g/mol. The van der Waals surface area contributed by atoms with E-state index in [0.29, 0.717) is 5.82 Å². The Labute approximate surface area is 114 Å². The van der Waals surface area contributed by atoms with Gasteiger partial charge in [-0.15, -0.1) is 11.3 Å². The molecule has 0 aliphatic carbocycles. The van der Waals surface area contributed by atoms with E-state index in [1.54, 1.807) is 11.3 Å². The molecule has 0 saturated carbocycles. The van der Waals surface area contributed by atoms with E-state index in [0.717, 1.165) is 34.3 Å². The van der Waals surface area contributed by atoms with Gasteiger partial charge >= 0.3 is 0 Å². The summed E-state index contributed by atoms with van der Waals surface area (Å²) in [5, 5.41) is 4.00. The number of thiazole rings is 1. The van der Waals surface area contributed by atoms with Crippen LogP contribution < -0.4 is 11.5 Å². The summed E-state index contributed by atoms with van der Waals surface area (Å²) >= 11 is 1.66. The molecule has 96 valence electrons. The molecule has 3 rings (SSSR count). The molecule has 2 heterocycles. The zero-order valence-corrected chi connectivity index (χ0v) is 11.0. The van der Waals surface area contributed by atoms with Crippen molar-refractivity contribution >= 4 is 34.0 Å². The molecule has 0 atom stereocenters. The van der Waals surface area contributed by atoms with Gasteiger partial charge in [0.25, 0.3) is 0 Å². The highest BCUT2D eigenvalue weighted by Gasteiger charge is 2.08. The van der Waals surface area contributed by atoms with E-state index in [2.05, 4.69) is 15.0 Å². The molecule has 0 spiro atoms. The molecule has 5 nitrogen and oxygen atoms in total. The number of rotatable bonds is 3. The van der Waals surface area contributed by atoms with E-state index in [1.165, 1.54) is 0 Å². The van der Waals surface area contributed by atoms with Crippen molar-refractivity contribution in [1.29, 1.82) is 0 Å². The first-order valence-corrected chi connectivity index (χ1v) is 6.81. The summed E-state index contributed by atoms with van der Waals surface area (Å²) in [5.41, 5.74) is 13.5. The second-order valence-electron chi connectivity index (χ2n) is 4.20. The zero-order valence-electron chi connectivity index (χ0n) is 10.2. The van der Waals surface area contributed by atoms with E-state index in [9.17, 15) is 0 Å². The Kier molecular flexibility index (Phi) is 3.00. The van der Waals surface area contributed by atoms with E-state index < -0.39 is 0 Å². The molecule has 0 amide bonds. The Bertz CT molecular complexity index is 708. The molecule has 0 radical (unpaired) electrons. The maximum atomic E-state index is 5.96. The number of nitrogen functional groups attached to an aromatic ring is 2. The Balaban J connectivity index is 1.99. The second-order valence-corrected chi connectivity index (χ2v) is 5.18. The van der Waals surface area contributed by atoms with Gasteiger partial charge < -0.3 is 11.5 Å². The molecule has 0 saturated heterocycles. The van der Waals surface area contributed by atoms with Crippen molar-refractivity contribution in [2.75, 3.05) is 11.5 Å². The molecular weight excluding hydrogens is 258 g/mol. The molecule has 0 aliphatic rings. The van der Waals surface area contributed by atoms with Crippen LogP contribution in [0, 0.1) is 0 Å². The first-order valence-electron chi connectivity index (χ1n) is 5.93. The van der Waals surface area contributed by atoms with E-state index in [-0.39, 0.29) is 5.95 Å². The summed E-state index contributed by atoms with van der Waals surface area (Å²) in [6.07, 6.45) is 3.57. The summed E-state index contributed by atoms with van der Waals surface area (Å²) < 4.78 is 0. The second kappa shape index (κ2) is 4.81. The number of aromatic nitrogens is 3. The third kappa shape index (κ3) is 2.34. The molecule has 3 aromatic rings. The number of hydrogen-bond acceptors (Lipinski definition) is 6. The predicted octanol–water partition coefficient (Wildman–Crippen LogP) is 2.04. The number of fused-ring (bicyclic) bond motifs is 1. The first-order chi connectivity index (χ1) is 9.24. The summed E-state index contributed by atoms with van der Waals surface area (Å²) in [6.45, 7) is 0. The fraction of sp³-hybridized carbons (Fsp3) is 0.154. The van der Waals surface area contributed by atoms with Crippen LogP contribution in [-0.2, 0) is 12.8 Å². The summed E-state index contributed by atoms with van der Waals surface area (Å²) in [4.78, 5) is 12.5. The largest absolute Gasteiger partial charge is 0.383 e. The van der Waals surface area contributed by atoms with E-state index in [1.807, 2.05) is 29.8 Å². The van der Waals surface area contributed by atoms with Crippen molar-refractivity contribution < 1.29 is 0 Å². The van der Waals surface area contributed by atoms with Gasteiger partial charge in [-0.1, -0.05) is 12.1 Å². The SMILES string of the molecule is Nc1nc(N)c2c(CCc3nccs3)cccc2n1. The highest BCUT2D eigenvalue weighted by Crippen LogP contribution is 2.24. The molecule has 0 unspecified atom stereocenters. The molecule has 0 fully saturated rings. The van der Waals surface area contributed by atoms with Crippen molar-refractivity contribution in [1.82, 2.24) is 15.0 Å². The normalized spacial score (nSPS) is 10.9. The highest BCUT2D eigenvalue weighted by molar-refractivity contribution is 7.09. The predicted molar refractivity (Wildman–Crippen MR) is 77.9 cm³/mol. The van der Waals surface area contributed by atoms with Gasteiger partial charge in [-0.25, -0.2) is 9.97 Å². The minimum absolute atomic E-state index is 0.210. The molecule has 0 aliphatic heterocycles.